The molecule has 0 radical (unpaired) electrons. The summed E-state index contributed by atoms with van der Waals surface area (Å²) in [7, 11) is 0.326. The minimum atomic E-state index is -3.62. The molecule has 3 aromatic rings. The lowest BCUT2D eigenvalue weighted by Gasteiger charge is -2.13. The summed E-state index contributed by atoms with van der Waals surface area (Å²) in [6.07, 6.45) is 0.250. The molecule has 1 aromatic carbocycles. The van der Waals surface area contributed by atoms with Crippen LogP contribution in [0.25, 0.3) is 10.9 Å². The average molecular weight is 406 g/mol. The zero-order valence-corrected chi connectivity index (χ0v) is 16.7. The first-order chi connectivity index (χ1) is 12.8. The molecule has 0 bridgehead atoms. The molecule has 3 rings (SSSR count). The molecule has 7 nitrogen and oxygen atoms in total. The third-order valence-corrected chi connectivity index (χ3v) is 6.09. The lowest BCUT2D eigenvalue weighted by molar-refractivity contribution is -0.191. The number of aromatic nitrogens is 1. The van der Waals surface area contributed by atoms with Crippen LogP contribution in [-0.4, -0.2) is 38.5 Å². The van der Waals surface area contributed by atoms with Crippen LogP contribution < -0.4 is 4.72 Å². The lowest BCUT2D eigenvalue weighted by atomic mass is 10.2. The second kappa shape index (κ2) is 8.88. The summed E-state index contributed by atoms with van der Waals surface area (Å²) in [5.74, 6) is 0. The van der Waals surface area contributed by atoms with Crippen LogP contribution in [0.3, 0.4) is 0 Å². The van der Waals surface area contributed by atoms with Gasteiger partial charge in [-0.3, -0.25) is 4.72 Å². The fourth-order valence-corrected chi connectivity index (χ4v) is 4.88. The standard InChI is InChI=1S/C17H19N3O2S2.CO2/c1-12-16(9-10-23-12)24(21,22)19-15-6-4-5-13-7-8-14(11-20(2)3)18-17(13)15;2-1-3/h4-10,19H,11H2,1-3H3;. The van der Waals surface area contributed by atoms with Crippen molar-refractivity contribution in [3.05, 3.63) is 52.3 Å². The summed E-state index contributed by atoms with van der Waals surface area (Å²) >= 11 is 1.41. The van der Waals surface area contributed by atoms with Crippen LogP contribution in [0.1, 0.15) is 10.6 Å². The van der Waals surface area contributed by atoms with E-state index in [1.807, 2.05) is 43.3 Å². The molecule has 142 valence electrons. The van der Waals surface area contributed by atoms with Crippen molar-refractivity contribution in [2.24, 2.45) is 0 Å². The third kappa shape index (κ3) is 5.21. The Kier molecular flexibility index (Phi) is 6.81. The van der Waals surface area contributed by atoms with Gasteiger partial charge in [0.25, 0.3) is 10.0 Å². The van der Waals surface area contributed by atoms with E-state index in [-0.39, 0.29) is 6.15 Å². The number of nitrogens with one attached hydrogen (secondary N) is 1. The van der Waals surface area contributed by atoms with E-state index >= 15 is 0 Å². The topological polar surface area (TPSA) is 96.4 Å². The number of thiophene rings is 1. The third-order valence-electron chi connectivity index (χ3n) is 3.60. The largest absolute Gasteiger partial charge is 0.373 e. The molecule has 0 saturated heterocycles. The molecule has 0 saturated carbocycles. The molecular weight excluding hydrogens is 386 g/mol. The lowest BCUT2D eigenvalue weighted by Crippen LogP contribution is -2.14. The van der Waals surface area contributed by atoms with E-state index in [4.69, 9.17) is 9.59 Å². The van der Waals surface area contributed by atoms with Gasteiger partial charge in [0, 0.05) is 16.8 Å². The van der Waals surface area contributed by atoms with Gasteiger partial charge < -0.3 is 4.90 Å². The summed E-state index contributed by atoms with van der Waals surface area (Å²) in [5, 5.41) is 2.68. The highest BCUT2D eigenvalue weighted by Gasteiger charge is 2.19. The van der Waals surface area contributed by atoms with Crippen LogP contribution in [0, 0.1) is 6.92 Å². The Balaban J connectivity index is 0.000000817. The Bertz CT molecular complexity index is 1070. The zero-order valence-electron chi connectivity index (χ0n) is 15.1. The van der Waals surface area contributed by atoms with Crippen molar-refractivity contribution in [2.75, 3.05) is 18.8 Å². The molecule has 9 heteroatoms. The van der Waals surface area contributed by atoms with E-state index < -0.39 is 10.0 Å². The van der Waals surface area contributed by atoms with Gasteiger partial charge in [0.05, 0.1) is 16.9 Å². The van der Waals surface area contributed by atoms with Crippen LogP contribution in [0.15, 0.2) is 46.7 Å². The van der Waals surface area contributed by atoms with Crippen LogP contribution >= 0.6 is 11.3 Å². The maximum absolute atomic E-state index is 12.6. The Morgan fingerprint density at radius 2 is 1.85 bits per heavy atom. The van der Waals surface area contributed by atoms with Gasteiger partial charge in [-0.2, -0.15) is 9.59 Å². The first-order valence-corrected chi connectivity index (χ1v) is 10.2. The number of anilines is 1. The van der Waals surface area contributed by atoms with Crippen LogP contribution in [-0.2, 0) is 26.2 Å². The highest BCUT2D eigenvalue weighted by atomic mass is 32.2. The quantitative estimate of drug-likeness (QED) is 0.701. The molecule has 0 aliphatic rings. The number of rotatable bonds is 5. The Labute approximate surface area is 161 Å². The van der Waals surface area contributed by atoms with E-state index in [1.54, 1.807) is 24.4 Å². The Hall–Kier alpha value is -2.58. The maximum Gasteiger partial charge on any atom is 0.373 e. The molecule has 27 heavy (non-hydrogen) atoms. The number of hydrogen-bond acceptors (Lipinski definition) is 7. The number of fused-ring (bicyclic) bond motifs is 1. The molecule has 0 fully saturated rings. The van der Waals surface area contributed by atoms with Crippen molar-refractivity contribution in [3.63, 3.8) is 0 Å². The van der Waals surface area contributed by atoms with Gasteiger partial charge in [-0.15, -0.1) is 11.3 Å². The summed E-state index contributed by atoms with van der Waals surface area (Å²) in [6.45, 7) is 2.50. The van der Waals surface area contributed by atoms with E-state index in [2.05, 4.69) is 9.71 Å². The van der Waals surface area contributed by atoms with Crippen molar-refractivity contribution in [1.29, 1.82) is 0 Å². The zero-order chi connectivity index (χ0) is 20.0. The van der Waals surface area contributed by atoms with Gasteiger partial charge in [-0.1, -0.05) is 18.2 Å². The number of para-hydroxylation sites is 1. The number of carbonyl (C=O) groups excluding carboxylic acids is 2. The predicted octanol–water partition coefficient (Wildman–Crippen LogP) is 2.88. The molecule has 2 aromatic heterocycles. The first kappa shape index (κ1) is 20.7. The van der Waals surface area contributed by atoms with Crippen LogP contribution in [0.4, 0.5) is 5.69 Å². The molecule has 0 unspecified atom stereocenters. The molecule has 1 N–H and O–H groups in total. The first-order valence-electron chi connectivity index (χ1n) is 7.88. The summed E-state index contributed by atoms with van der Waals surface area (Å²) in [6, 6.07) is 11.0. The number of sulfonamides is 1. The SMILES string of the molecule is Cc1sccc1S(=O)(=O)Nc1cccc2ccc(CN(C)C)nc12.O=C=O. The smallest absolute Gasteiger partial charge is 0.304 e. The number of aryl methyl sites for hydroxylation is 1. The molecule has 2 heterocycles. The number of pyridine rings is 1. The van der Waals surface area contributed by atoms with E-state index in [1.165, 1.54) is 11.3 Å². The minimum absolute atomic E-state index is 0.250. The fraction of sp³-hybridized carbons (Fsp3) is 0.222. The van der Waals surface area contributed by atoms with Gasteiger partial charge in [0.15, 0.2) is 0 Å². The average Bonchev–Trinajstić information content (AvgIpc) is 3.02. The second-order valence-electron chi connectivity index (χ2n) is 5.95. The maximum atomic E-state index is 12.6. The monoisotopic (exact) mass is 405 g/mol. The second-order valence-corrected chi connectivity index (χ2v) is 8.72. The molecular formula is C18H19N3O4S2. The number of hydrogen-bond donors (Lipinski definition) is 1. The van der Waals surface area contributed by atoms with E-state index in [9.17, 15) is 8.42 Å². The normalized spacial score (nSPS) is 11.0. The van der Waals surface area contributed by atoms with Crippen molar-refractivity contribution < 1.29 is 18.0 Å². The Morgan fingerprint density at radius 1 is 1.15 bits per heavy atom. The van der Waals surface area contributed by atoms with Crippen molar-refractivity contribution in [1.82, 2.24) is 9.88 Å². The number of nitrogens with zero attached hydrogens (tertiary/aromatic N) is 2. The van der Waals surface area contributed by atoms with Crippen molar-refractivity contribution in [3.8, 4) is 0 Å². The van der Waals surface area contributed by atoms with Gasteiger partial charge in [0.1, 0.15) is 4.90 Å². The fourth-order valence-electron chi connectivity index (χ4n) is 2.53. The highest BCUT2D eigenvalue weighted by molar-refractivity contribution is 7.93. The van der Waals surface area contributed by atoms with Gasteiger partial charge in [-0.25, -0.2) is 13.4 Å². The predicted molar refractivity (Wildman–Crippen MR) is 104 cm³/mol. The molecule has 0 amide bonds. The van der Waals surface area contributed by atoms with E-state index in [0.717, 1.165) is 16.0 Å². The summed E-state index contributed by atoms with van der Waals surface area (Å²) in [5.41, 5.74) is 2.05. The minimum Gasteiger partial charge on any atom is -0.304 e. The molecule has 0 atom stereocenters. The Morgan fingerprint density at radius 3 is 2.44 bits per heavy atom. The van der Waals surface area contributed by atoms with Crippen LogP contribution in [0.5, 0.6) is 0 Å². The molecule has 0 aliphatic heterocycles. The van der Waals surface area contributed by atoms with Crippen molar-refractivity contribution >= 4 is 44.1 Å². The van der Waals surface area contributed by atoms with Gasteiger partial charge >= 0.3 is 6.15 Å². The van der Waals surface area contributed by atoms with E-state index in [0.29, 0.717) is 22.6 Å². The summed E-state index contributed by atoms with van der Waals surface area (Å²) in [4.78, 5) is 24.0. The van der Waals surface area contributed by atoms with Gasteiger partial charge in [0.2, 0.25) is 0 Å². The molecule has 0 spiro atoms. The number of benzene rings is 1. The van der Waals surface area contributed by atoms with Crippen molar-refractivity contribution in [2.45, 2.75) is 18.4 Å². The highest BCUT2D eigenvalue weighted by Crippen LogP contribution is 2.27. The molecule has 0 aliphatic carbocycles. The van der Waals surface area contributed by atoms with Gasteiger partial charge in [-0.05, 0) is 44.6 Å². The van der Waals surface area contributed by atoms with Crippen LogP contribution in [0.2, 0.25) is 0 Å². The summed E-state index contributed by atoms with van der Waals surface area (Å²) < 4.78 is 28.0.